The van der Waals surface area contributed by atoms with Gasteiger partial charge in [0.25, 0.3) is 0 Å². The topological polar surface area (TPSA) is 35.2 Å². The molecule has 106 valence electrons. The minimum Gasteiger partial charge on any atom is -0.459 e. The standard InChI is InChI=1S/C19H19NO/c20-17-8-4-7-15-16-12-14(9-10-18(16)21-19(15)17)11-13-5-2-1-3-6-13/h1-6,8-10,14-15H,7,11-12,20H2. The van der Waals surface area contributed by atoms with Crippen LogP contribution in [0, 0.1) is 11.8 Å². The predicted molar refractivity (Wildman–Crippen MR) is 84.0 cm³/mol. The number of nitrogens with two attached hydrogens (primary N) is 1. The van der Waals surface area contributed by atoms with Crippen LogP contribution in [0.1, 0.15) is 18.4 Å². The Morgan fingerprint density at radius 3 is 2.86 bits per heavy atom. The van der Waals surface area contributed by atoms with Gasteiger partial charge in [0.2, 0.25) is 0 Å². The van der Waals surface area contributed by atoms with Gasteiger partial charge in [-0.25, -0.2) is 0 Å². The number of fused-ring (bicyclic) bond motifs is 2. The molecule has 2 unspecified atom stereocenters. The van der Waals surface area contributed by atoms with Gasteiger partial charge in [-0.05, 0) is 48.5 Å². The van der Waals surface area contributed by atoms with Crippen LogP contribution in [0.25, 0.3) is 0 Å². The number of hydrogen-bond donors (Lipinski definition) is 1. The zero-order valence-electron chi connectivity index (χ0n) is 12.0. The molecule has 0 spiro atoms. The van der Waals surface area contributed by atoms with Gasteiger partial charge in [0.05, 0.1) is 5.70 Å². The molecule has 0 bridgehead atoms. The molecule has 21 heavy (non-hydrogen) atoms. The minimum atomic E-state index is 0.369. The SMILES string of the molecule is NC1=C2OC3=C(CC(Cc4ccccc4)C=C3)C2CC=C1. The molecule has 0 aromatic heterocycles. The molecule has 0 saturated carbocycles. The Morgan fingerprint density at radius 2 is 2.00 bits per heavy atom. The van der Waals surface area contributed by atoms with E-state index in [-0.39, 0.29) is 0 Å². The van der Waals surface area contributed by atoms with Crippen LogP contribution in [0.2, 0.25) is 0 Å². The summed E-state index contributed by atoms with van der Waals surface area (Å²) in [5.41, 5.74) is 9.66. The van der Waals surface area contributed by atoms with E-state index in [9.17, 15) is 0 Å². The first-order chi connectivity index (χ1) is 10.3. The maximum absolute atomic E-state index is 6.05. The number of allylic oxidation sites excluding steroid dienone is 5. The number of hydrogen-bond acceptors (Lipinski definition) is 2. The lowest BCUT2D eigenvalue weighted by Crippen LogP contribution is -2.14. The summed E-state index contributed by atoms with van der Waals surface area (Å²) in [6.45, 7) is 0. The summed E-state index contributed by atoms with van der Waals surface area (Å²) >= 11 is 0. The molecule has 2 nitrogen and oxygen atoms in total. The molecule has 3 aliphatic rings. The van der Waals surface area contributed by atoms with E-state index in [1.54, 1.807) is 0 Å². The maximum atomic E-state index is 6.05. The summed E-state index contributed by atoms with van der Waals surface area (Å²) in [6, 6.07) is 10.7. The predicted octanol–water partition coefficient (Wildman–Crippen LogP) is 3.84. The molecule has 0 amide bonds. The Hall–Kier alpha value is -2.22. The van der Waals surface area contributed by atoms with E-state index in [0.717, 1.165) is 36.5 Å². The molecular formula is C19H19NO. The summed E-state index contributed by atoms with van der Waals surface area (Å²) < 4.78 is 5.98. The molecular weight excluding hydrogens is 258 g/mol. The molecule has 2 atom stereocenters. The molecule has 1 heterocycles. The van der Waals surface area contributed by atoms with Gasteiger partial charge in [0, 0.05) is 5.92 Å². The monoisotopic (exact) mass is 277 g/mol. The highest BCUT2D eigenvalue weighted by Gasteiger charge is 2.36. The smallest absolute Gasteiger partial charge is 0.134 e. The molecule has 1 aromatic carbocycles. The Balaban J connectivity index is 1.54. The lowest BCUT2D eigenvalue weighted by atomic mass is 9.81. The molecule has 0 saturated heterocycles. The molecule has 4 rings (SSSR count). The van der Waals surface area contributed by atoms with Crippen molar-refractivity contribution in [1.29, 1.82) is 0 Å². The van der Waals surface area contributed by atoms with Crippen molar-refractivity contribution >= 4 is 0 Å². The lowest BCUT2D eigenvalue weighted by molar-refractivity contribution is 0.311. The first kappa shape index (κ1) is 12.5. The minimum absolute atomic E-state index is 0.369. The maximum Gasteiger partial charge on any atom is 0.134 e. The van der Waals surface area contributed by atoms with Gasteiger partial charge in [0.1, 0.15) is 11.5 Å². The van der Waals surface area contributed by atoms with E-state index in [4.69, 9.17) is 10.5 Å². The zero-order chi connectivity index (χ0) is 14.2. The van der Waals surface area contributed by atoms with Crippen molar-refractivity contribution in [2.45, 2.75) is 19.3 Å². The number of rotatable bonds is 2. The van der Waals surface area contributed by atoms with E-state index in [1.165, 1.54) is 11.1 Å². The third-order valence-corrected chi connectivity index (χ3v) is 4.57. The number of benzene rings is 1. The first-order valence-electron chi connectivity index (χ1n) is 7.60. The summed E-state index contributed by atoms with van der Waals surface area (Å²) in [5.74, 6) is 2.92. The van der Waals surface area contributed by atoms with E-state index in [1.807, 2.05) is 6.08 Å². The molecule has 1 aliphatic heterocycles. The summed E-state index contributed by atoms with van der Waals surface area (Å²) in [7, 11) is 0. The molecule has 1 aromatic rings. The van der Waals surface area contributed by atoms with Crippen LogP contribution in [0.15, 0.2) is 77.4 Å². The molecule has 0 radical (unpaired) electrons. The Labute approximate surface area is 125 Å². The van der Waals surface area contributed by atoms with Crippen molar-refractivity contribution in [2.75, 3.05) is 0 Å². The van der Waals surface area contributed by atoms with E-state index < -0.39 is 0 Å². The van der Waals surface area contributed by atoms with Gasteiger partial charge in [-0.2, -0.15) is 0 Å². The van der Waals surface area contributed by atoms with Gasteiger partial charge in [0.15, 0.2) is 0 Å². The van der Waals surface area contributed by atoms with Gasteiger partial charge in [-0.15, -0.1) is 0 Å². The normalized spacial score (nSPS) is 26.7. The molecule has 2 N–H and O–H groups in total. The van der Waals surface area contributed by atoms with Crippen LogP contribution in [0.5, 0.6) is 0 Å². The van der Waals surface area contributed by atoms with Crippen molar-refractivity contribution in [2.24, 2.45) is 17.6 Å². The Morgan fingerprint density at radius 1 is 1.14 bits per heavy atom. The third kappa shape index (κ3) is 2.21. The summed E-state index contributed by atoms with van der Waals surface area (Å²) in [6.07, 6.45) is 11.7. The second-order valence-corrected chi connectivity index (χ2v) is 6.01. The highest BCUT2D eigenvalue weighted by atomic mass is 16.5. The average molecular weight is 277 g/mol. The zero-order valence-corrected chi connectivity index (χ0v) is 12.0. The van der Waals surface area contributed by atoms with Crippen molar-refractivity contribution in [3.63, 3.8) is 0 Å². The molecule has 2 heteroatoms. The van der Waals surface area contributed by atoms with Crippen LogP contribution in [0.3, 0.4) is 0 Å². The van der Waals surface area contributed by atoms with Crippen LogP contribution >= 0.6 is 0 Å². The number of ether oxygens (including phenoxy) is 1. The Kier molecular flexibility index (Phi) is 2.95. The fourth-order valence-corrected chi connectivity index (χ4v) is 3.52. The second kappa shape index (κ2) is 4.96. The van der Waals surface area contributed by atoms with Crippen molar-refractivity contribution in [3.05, 3.63) is 83.0 Å². The molecule has 2 aliphatic carbocycles. The summed E-state index contributed by atoms with van der Waals surface area (Å²) in [4.78, 5) is 0. The molecule has 0 fully saturated rings. The van der Waals surface area contributed by atoms with Gasteiger partial charge < -0.3 is 10.5 Å². The largest absolute Gasteiger partial charge is 0.459 e. The van der Waals surface area contributed by atoms with Gasteiger partial charge in [-0.1, -0.05) is 42.5 Å². The van der Waals surface area contributed by atoms with Crippen molar-refractivity contribution in [3.8, 4) is 0 Å². The quantitative estimate of drug-likeness (QED) is 0.891. The van der Waals surface area contributed by atoms with E-state index in [0.29, 0.717) is 11.8 Å². The summed E-state index contributed by atoms with van der Waals surface area (Å²) in [5, 5.41) is 0. The first-order valence-corrected chi connectivity index (χ1v) is 7.60. The van der Waals surface area contributed by atoms with Crippen LogP contribution < -0.4 is 5.73 Å². The lowest BCUT2D eigenvalue weighted by Gasteiger charge is -2.21. The van der Waals surface area contributed by atoms with Crippen LogP contribution in [0.4, 0.5) is 0 Å². The Bertz CT molecular complexity index is 679. The fraction of sp³-hybridized carbons (Fsp3) is 0.263. The van der Waals surface area contributed by atoms with Gasteiger partial charge >= 0.3 is 0 Å². The fourth-order valence-electron chi connectivity index (χ4n) is 3.52. The van der Waals surface area contributed by atoms with Crippen molar-refractivity contribution < 1.29 is 4.74 Å². The van der Waals surface area contributed by atoms with Gasteiger partial charge in [-0.3, -0.25) is 0 Å². The highest BCUT2D eigenvalue weighted by molar-refractivity contribution is 5.43. The third-order valence-electron chi connectivity index (χ3n) is 4.57. The van der Waals surface area contributed by atoms with Crippen LogP contribution in [-0.2, 0) is 11.2 Å². The van der Waals surface area contributed by atoms with Crippen LogP contribution in [-0.4, -0.2) is 0 Å². The van der Waals surface area contributed by atoms with Crippen molar-refractivity contribution in [1.82, 2.24) is 0 Å². The van der Waals surface area contributed by atoms with E-state index in [2.05, 4.69) is 48.6 Å². The average Bonchev–Trinajstić information content (AvgIpc) is 2.88. The highest BCUT2D eigenvalue weighted by Crippen LogP contribution is 2.45. The second-order valence-electron chi connectivity index (χ2n) is 6.01. The van der Waals surface area contributed by atoms with E-state index >= 15 is 0 Å².